The molecule has 4 atom stereocenters. The molecule has 0 spiro atoms. The molecule has 0 amide bonds. The van der Waals surface area contributed by atoms with E-state index in [9.17, 15) is 8.78 Å². The van der Waals surface area contributed by atoms with Crippen LogP contribution in [0.2, 0.25) is 0 Å². The molecule has 2 bridgehead atoms. The average molecular weight is 291 g/mol. The summed E-state index contributed by atoms with van der Waals surface area (Å²) in [4.78, 5) is 0. The van der Waals surface area contributed by atoms with E-state index in [1.54, 1.807) is 12.1 Å². The summed E-state index contributed by atoms with van der Waals surface area (Å²) < 4.78 is 26.8. The predicted octanol–water partition coefficient (Wildman–Crippen LogP) is 2.52. The second-order valence-corrected chi connectivity index (χ2v) is 6.51. The third-order valence-corrected chi connectivity index (χ3v) is 5.53. The number of fused-ring (bicyclic) bond motifs is 6. The second kappa shape index (κ2) is 3.90. The standard InChI is InChI=1S/C14H15F2N5/c15-13(16)14-19-18-9-4-3-8(20-21(9)14)17-12-10-6-1-2-7(5-6)11(10)12/h3-4,6-7,10-13H,1-2,5H2,(H,17,20). The van der Waals surface area contributed by atoms with Crippen molar-refractivity contribution in [2.75, 3.05) is 5.32 Å². The molecule has 4 unspecified atom stereocenters. The maximum absolute atomic E-state index is 12.9. The third-order valence-electron chi connectivity index (χ3n) is 5.53. The number of aromatic nitrogens is 4. The molecule has 0 aromatic carbocycles. The summed E-state index contributed by atoms with van der Waals surface area (Å²) in [6.45, 7) is 0. The average Bonchev–Trinajstić information content (AvgIpc) is 2.89. The van der Waals surface area contributed by atoms with Gasteiger partial charge in [0, 0.05) is 6.04 Å². The number of anilines is 1. The first-order chi connectivity index (χ1) is 10.2. The molecule has 2 aromatic heterocycles. The summed E-state index contributed by atoms with van der Waals surface area (Å²) >= 11 is 0. The van der Waals surface area contributed by atoms with Crippen LogP contribution < -0.4 is 5.32 Å². The van der Waals surface area contributed by atoms with Gasteiger partial charge in [0.15, 0.2) is 5.65 Å². The van der Waals surface area contributed by atoms with Gasteiger partial charge in [-0.15, -0.1) is 15.3 Å². The topological polar surface area (TPSA) is 55.1 Å². The van der Waals surface area contributed by atoms with E-state index in [0.717, 1.165) is 28.2 Å². The lowest BCUT2D eigenvalue weighted by atomic mass is 10.0. The summed E-state index contributed by atoms with van der Waals surface area (Å²) in [7, 11) is 0. The van der Waals surface area contributed by atoms with Gasteiger partial charge < -0.3 is 5.32 Å². The van der Waals surface area contributed by atoms with Crippen molar-refractivity contribution in [1.29, 1.82) is 0 Å². The Hall–Kier alpha value is -1.79. The molecular weight excluding hydrogens is 276 g/mol. The highest BCUT2D eigenvalue weighted by molar-refractivity contribution is 5.46. The minimum atomic E-state index is -2.67. The fraction of sp³-hybridized carbons (Fsp3) is 0.643. The number of nitrogens with zero attached hydrogens (tertiary/aromatic N) is 4. The third kappa shape index (κ3) is 1.57. The Morgan fingerprint density at radius 2 is 1.90 bits per heavy atom. The van der Waals surface area contributed by atoms with Crippen LogP contribution in [-0.4, -0.2) is 25.9 Å². The molecule has 5 nitrogen and oxygen atoms in total. The van der Waals surface area contributed by atoms with Gasteiger partial charge in [-0.05, 0) is 55.1 Å². The number of alkyl halides is 2. The Morgan fingerprint density at radius 1 is 1.14 bits per heavy atom. The number of hydrogen-bond donors (Lipinski definition) is 1. The normalized spacial score (nSPS) is 36.4. The first-order valence-corrected chi connectivity index (χ1v) is 7.49. The van der Waals surface area contributed by atoms with Crippen LogP contribution in [0.3, 0.4) is 0 Å². The Bertz CT molecular complexity index is 698. The fourth-order valence-electron chi connectivity index (χ4n) is 4.71. The van der Waals surface area contributed by atoms with Crippen molar-refractivity contribution in [2.24, 2.45) is 23.7 Å². The van der Waals surface area contributed by atoms with E-state index < -0.39 is 12.2 Å². The molecule has 0 radical (unpaired) electrons. The summed E-state index contributed by atoms with van der Waals surface area (Å²) in [5.41, 5.74) is 0.354. The minimum Gasteiger partial charge on any atom is -0.365 e. The van der Waals surface area contributed by atoms with E-state index in [0.29, 0.717) is 17.5 Å². The molecule has 3 fully saturated rings. The van der Waals surface area contributed by atoms with Crippen LogP contribution >= 0.6 is 0 Å². The maximum atomic E-state index is 12.9. The molecule has 0 aliphatic heterocycles. The van der Waals surface area contributed by atoms with E-state index in [1.807, 2.05) is 0 Å². The van der Waals surface area contributed by atoms with Crippen molar-refractivity contribution in [3.8, 4) is 0 Å². The van der Waals surface area contributed by atoms with Crippen LogP contribution in [0.4, 0.5) is 14.6 Å². The zero-order valence-electron chi connectivity index (χ0n) is 11.3. The summed E-state index contributed by atoms with van der Waals surface area (Å²) in [6.07, 6.45) is 1.44. The number of hydrogen-bond acceptors (Lipinski definition) is 4. The molecule has 2 heterocycles. The van der Waals surface area contributed by atoms with Crippen molar-refractivity contribution in [2.45, 2.75) is 31.7 Å². The lowest BCUT2D eigenvalue weighted by Crippen LogP contribution is -2.14. The predicted molar refractivity (Wildman–Crippen MR) is 71.0 cm³/mol. The summed E-state index contributed by atoms with van der Waals surface area (Å²) in [5, 5.41) is 14.9. The van der Waals surface area contributed by atoms with Crippen LogP contribution in [0.1, 0.15) is 31.5 Å². The maximum Gasteiger partial charge on any atom is 0.299 e. The number of halogens is 2. The van der Waals surface area contributed by atoms with Gasteiger partial charge in [0.2, 0.25) is 5.82 Å². The summed E-state index contributed by atoms with van der Waals surface area (Å²) in [5.74, 6) is 3.53. The second-order valence-electron chi connectivity index (χ2n) is 6.51. The molecule has 3 saturated carbocycles. The van der Waals surface area contributed by atoms with Crippen molar-refractivity contribution >= 4 is 11.5 Å². The lowest BCUT2D eigenvalue weighted by Gasteiger charge is -2.11. The van der Waals surface area contributed by atoms with Gasteiger partial charge in [-0.25, -0.2) is 8.78 Å². The largest absolute Gasteiger partial charge is 0.365 e. The smallest absolute Gasteiger partial charge is 0.299 e. The van der Waals surface area contributed by atoms with Crippen molar-refractivity contribution in [3.63, 3.8) is 0 Å². The van der Waals surface area contributed by atoms with Gasteiger partial charge in [0.05, 0.1) is 0 Å². The molecule has 3 aliphatic rings. The van der Waals surface area contributed by atoms with Crippen LogP contribution in [0.5, 0.6) is 0 Å². The van der Waals surface area contributed by atoms with Gasteiger partial charge in [0.25, 0.3) is 6.43 Å². The highest BCUT2D eigenvalue weighted by atomic mass is 19.3. The van der Waals surface area contributed by atoms with Crippen LogP contribution in [0.25, 0.3) is 5.65 Å². The number of rotatable bonds is 3. The van der Waals surface area contributed by atoms with Crippen LogP contribution in [0, 0.1) is 23.7 Å². The van der Waals surface area contributed by atoms with Crippen molar-refractivity contribution in [3.05, 3.63) is 18.0 Å². The van der Waals surface area contributed by atoms with Gasteiger partial charge in [-0.3, -0.25) is 0 Å². The SMILES string of the molecule is FC(F)c1nnc2ccc(NC3C4C5CCC(C5)C34)nn12. The molecule has 7 heteroatoms. The Labute approximate surface area is 119 Å². The number of nitrogens with one attached hydrogen (secondary N) is 1. The summed E-state index contributed by atoms with van der Waals surface area (Å²) in [6, 6.07) is 3.96. The zero-order valence-corrected chi connectivity index (χ0v) is 11.3. The molecule has 110 valence electrons. The van der Waals surface area contributed by atoms with E-state index in [-0.39, 0.29) is 0 Å². The molecule has 21 heavy (non-hydrogen) atoms. The van der Waals surface area contributed by atoms with E-state index in [4.69, 9.17) is 0 Å². The van der Waals surface area contributed by atoms with Gasteiger partial charge in [-0.1, -0.05) is 0 Å². The molecule has 1 N–H and O–H groups in total. The molecule has 0 saturated heterocycles. The molecule has 3 aliphatic carbocycles. The molecule has 5 rings (SSSR count). The zero-order chi connectivity index (χ0) is 14.1. The van der Waals surface area contributed by atoms with E-state index in [2.05, 4.69) is 20.6 Å². The quantitative estimate of drug-likeness (QED) is 0.944. The first-order valence-electron chi connectivity index (χ1n) is 7.49. The minimum absolute atomic E-state index is 0.354. The highest BCUT2D eigenvalue weighted by Gasteiger charge is 2.65. The lowest BCUT2D eigenvalue weighted by molar-refractivity contribution is 0.137. The van der Waals surface area contributed by atoms with Gasteiger partial charge in [-0.2, -0.15) is 4.52 Å². The Balaban J connectivity index is 1.42. The van der Waals surface area contributed by atoms with Gasteiger partial charge >= 0.3 is 0 Å². The van der Waals surface area contributed by atoms with Crippen LogP contribution in [0.15, 0.2) is 12.1 Å². The molecule has 2 aromatic rings. The highest BCUT2D eigenvalue weighted by Crippen LogP contribution is 2.66. The van der Waals surface area contributed by atoms with Crippen LogP contribution in [-0.2, 0) is 0 Å². The fourth-order valence-corrected chi connectivity index (χ4v) is 4.71. The van der Waals surface area contributed by atoms with Crippen molar-refractivity contribution in [1.82, 2.24) is 19.8 Å². The Morgan fingerprint density at radius 3 is 2.62 bits per heavy atom. The van der Waals surface area contributed by atoms with E-state index in [1.165, 1.54) is 19.3 Å². The van der Waals surface area contributed by atoms with Crippen molar-refractivity contribution < 1.29 is 8.78 Å². The first kappa shape index (κ1) is 11.8. The molecular formula is C14H15F2N5. The monoisotopic (exact) mass is 291 g/mol. The van der Waals surface area contributed by atoms with Gasteiger partial charge in [0.1, 0.15) is 5.82 Å². The van der Waals surface area contributed by atoms with E-state index >= 15 is 0 Å². The Kier molecular flexibility index (Phi) is 2.19.